The van der Waals surface area contributed by atoms with Gasteiger partial charge >= 0.3 is 6.18 Å². The van der Waals surface area contributed by atoms with E-state index in [0.29, 0.717) is 17.0 Å². The molecule has 0 saturated heterocycles. The van der Waals surface area contributed by atoms with Gasteiger partial charge in [-0.1, -0.05) is 17.3 Å². The van der Waals surface area contributed by atoms with Gasteiger partial charge in [-0.3, -0.25) is 14.3 Å². The van der Waals surface area contributed by atoms with Gasteiger partial charge in [0, 0.05) is 28.9 Å². The minimum absolute atomic E-state index is 0.220. The monoisotopic (exact) mass is 466 g/mol. The van der Waals surface area contributed by atoms with Crippen LogP contribution in [0.5, 0.6) is 0 Å². The van der Waals surface area contributed by atoms with Gasteiger partial charge in [-0.2, -0.15) is 23.4 Å². The van der Waals surface area contributed by atoms with Crippen molar-refractivity contribution in [3.8, 4) is 22.4 Å². The van der Waals surface area contributed by atoms with E-state index in [4.69, 9.17) is 9.62 Å². The van der Waals surface area contributed by atoms with Crippen molar-refractivity contribution in [3.63, 3.8) is 0 Å². The van der Waals surface area contributed by atoms with E-state index < -0.39 is 12.7 Å². The Kier molecular flexibility index (Phi) is 5.22. The molecule has 4 aromatic heterocycles. The molecule has 0 aliphatic carbocycles. The van der Waals surface area contributed by atoms with Crippen LogP contribution >= 0.6 is 0 Å². The van der Waals surface area contributed by atoms with Crippen molar-refractivity contribution in [1.82, 2.24) is 29.7 Å². The molecule has 0 spiro atoms. The molecule has 0 aliphatic rings. The minimum Gasteiger partial charge on any atom is -0.361 e. The van der Waals surface area contributed by atoms with E-state index in [2.05, 4.69) is 15.2 Å². The second kappa shape index (κ2) is 8.12. The van der Waals surface area contributed by atoms with Gasteiger partial charge in [0.25, 0.3) is 0 Å². The van der Waals surface area contributed by atoms with Gasteiger partial charge in [-0.15, -0.1) is 0 Å². The van der Waals surface area contributed by atoms with Crippen molar-refractivity contribution in [1.29, 1.82) is 0 Å². The van der Waals surface area contributed by atoms with E-state index in [1.54, 1.807) is 6.20 Å². The number of aryl methyl sites for hydroxylation is 2. The quantitative estimate of drug-likeness (QED) is 0.330. The number of benzene rings is 1. The fourth-order valence-corrected chi connectivity index (χ4v) is 4.20. The Morgan fingerprint density at radius 2 is 1.91 bits per heavy atom. The van der Waals surface area contributed by atoms with Crippen molar-refractivity contribution in [2.75, 3.05) is 0 Å². The van der Waals surface area contributed by atoms with E-state index in [1.165, 1.54) is 12.4 Å². The predicted octanol–water partition coefficient (Wildman–Crippen LogP) is 5.74. The largest absolute Gasteiger partial charge is 0.408 e. The first-order valence-corrected chi connectivity index (χ1v) is 10.7. The lowest BCUT2D eigenvalue weighted by atomic mass is 10.0. The number of rotatable bonds is 5. The Hall–Kier alpha value is -3.95. The van der Waals surface area contributed by atoms with Crippen LogP contribution in [0.15, 0.2) is 59.5 Å². The van der Waals surface area contributed by atoms with Crippen LogP contribution in [-0.2, 0) is 6.54 Å². The standard InChI is InChI=1S/C24H21F3N6O/c1-14-22(16(3)34-31-14)17-7-8-19-21(10-17)33(15(2)20-6-4-5-9-28-20)30-23(19)18-11-29-32(12-18)13-24(25,26)27/h4-12,15H,13H2,1-3H3/t15-/m0/s1. The summed E-state index contributed by atoms with van der Waals surface area (Å²) in [4.78, 5) is 4.46. The Morgan fingerprint density at radius 3 is 2.59 bits per heavy atom. The molecular formula is C24H21F3N6O. The maximum atomic E-state index is 12.8. The highest BCUT2D eigenvalue weighted by molar-refractivity contribution is 5.96. The lowest BCUT2D eigenvalue weighted by Gasteiger charge is -2.13. The zero-order chi connectivity index (χ0) is 24.0. The number of alkyl halides is 3. The lowest BCUT2D eigenvalue weighted by molar-refractivity contribution is -0.142. The predicted molar refractivity (Wildman–Crippen MR) is 120 cm³/mol. The van der Waals surface area contributed by atoms with Crippen molar-refractivity contribution in [2.24, 2.45) is 0 Å². The second-order valence-corrected chi connectivity index (χ2v) is 8.20. The molecule has 7 nitrogen and oxygen atoms in total. The Balaban J connectivity index is 1.68. The molecule has 0 amide bonds. The third-order valence-electron chi connectivity index (χ3n) is 5.76. The number of aromatic nitrogens is 6. The first-order chi connectivity index (χ1) is 16.2. The van der Waals surface area contributed by atoms with Crippen molar-refractivity contribution >= 4 is 10.9 Å². The van der Waals surface area contributed by atoms with Gasteiger partial charge in [0.2, 0.25) is 0 Å². The summed E-state index contributed by atoms with van der Waals surface area (Å²) in [5, 5.41) is 13.6. The lowest BCUT2D eigenvalue weighted by Crippen LogP contribution is -2.17. The maximum Gasteiger partial charge on any atom is 0.408 e. The number of hydrogen-bond donors (Lipinski definition) is 0. The molecule has 1 atom stereocenters. The van der Waals surface area contributed by atoms with Crippen LogP contribution in [-0.4, -0.2) is 35.9 Å². The van der Waals surface area contributed by atoms with Crippen molar-refractivity contribution < 1.29 is 17.7 Å². The molecule has 34 heavy (non-hydrogen) atoms. The molecule has 0 radical (unpaired) electrons. The zero-order valence-electron chi connectivity index (χ0n) is 18.7. The molecule has 174 valence electrons. The third-order valence-corrected chi connectivity index (χ3v) is 5.76. The van der Waals surface area contributed by atoms with Crippen LogP contribution in [0.25, 0.3) is 33.3 Å². The van der Waals surface area contributed by atoms with E-state index in [1.807, 2.05) is 61.9 Å². The molecule has 0 unspecified atom stereocenters. The summed E-state index contributed by atoms with van der Waals surface area (Å²) in [5.41, 5.74) is 5.28. The first kappa shape index (κ1) is 21.9. The van der Waals surface area contributed by atoms with Gasteiger partial charge < -0.3 is 4.52 Å². The molecule has 1 aromatic carbocycles. The van der Waals surface area contributed by atoms with E-state index in [0.717, 1.165) is 38.1 Å². The van der Waals surface area contributed by atoms with Gasteiger partial charge in [0.15, 0.2) is 0 Å². The smallest absolute Gasteiger partial charge is 0.361 e. The van der Waals surface area contributed by atoms with E-state index in [-0.39, 0.29) is 6.04 Å². The van der Waals surface area contributed by atoms with Crippen LogP contribution < -0.4 is 0 Å². The Labute approximate surface area is 192 Å². The van der Waals surface area contributed by atoms with Crippen LogP contribution in [0.2, 0.25) is 0 Å². The summed E-state index contributed by atoms with van der Waals surface area (Å²) in [7, 11) is 0. The first-order valence-electron chi connectivity index (χ1n) is 10.7. The average molecular weight is 466 g/mol. The van der Waals surface area contributed by atoms with Gasteiger partial charge in [0.1, 0.15) is 18.0 Å². The highest BCUT2D eigenvalue weighted by Crippen LogP contribution is 2.35. The molecule has 4 heterocycles. The topological polar surface area (TPSA) is 74.6 Å². The molecule has 0 saturated carbocycles. The summed E-state index contributed by atoms with van der Waals surface area (Å²) in [6, 6.07) is 11.3. The molecular weight excluding hydrogens is 445 g/mol. The fraction of sp³-hybridized carbons (Fsp3) is 0.250. The van der Waals surface area contributed by atoms with Gasteiger partial charge in [-0.25, -0.2) is 0 Å². The summed E-state index contributed by atoms with van der Waals surface area (Å²) in [6.07, 6.45) is 0.134. The molecule has 0 aliphatic heterocycles. The minimum atomic E-state index is -4.36. The van der Waals surface area contributed by atoms with E-state index >= 15 is 0 Å². The maximum absolute atomic E-state index is 12.8. The normalized spacial score (nSPS) is 13.0. The average Bonchev–Trinajstić information content (AvgIpc) is 3.49. The van der Waals surface area contributed by atoms with Crippen molar-refractivity contribution in [2.45, 2.75) is 39.5 Å². The number of halogens is 3. The summed E-state index contributed by atoms with van der Waals surface area (Å²) < 4.78 is 46.6. The molecule has 0 fully saturated rings. The van der Waals surface area contributed by atoms with E-state index in [9.17, 15) is 13.2 Å². The number of fused-ring (bicyclic) bond motifs is 1. The summed E-state index contributed by atoms with van der Waals surface area (Å²) in [6.45, 7) is 4.55. The number of nitrogens with zero attached hydrogens (tertiary/aromatic N) is 6. The zero-order valence-corrected chi connectivity index (χ0v) is 18.7. The molecule has 5 aromatic rings. The van der Waals surface area contributed by atoms with Crippen LogP contribution in [0.4, 0.5) is 13.2 Å². The molecule has 0 N–H and O–H groups in total. The SMILES string of the molecule is Cc1noc(C)c1-c1ccc2c(-c3cnn(CC(F)(F)F)c3)nn([C@@H](C)c3ccccn3)c2c1. The second-order valence-electron chi connectivity index (χ2n) is 8.20. The van der Waals surface area contributed by atoms with Crippen LogP contribution in [0, 0.1) is 13.8 Å². The Morgan fingerprint density at radius 1 is 1.09 bits per heavy atom. The molecule has 5 rings (SSSR count). The van der Waals surface area contributed by atoms with Crippen molar-refractivity contribution in [3.05, 3.63) is 72.1 Å². The van der Waals surface area contributed by atoms with Gasteiger partial charge in [-0.05, 0) is 50.6 Å². The fourth-order valence-electron chi connectivity index (χ4n) is 4.20. The molecule has 10 heteroatoms. The number of pyridine rings is 1. The summed E-state index contributed by atoms with van der Waals surface area (Å²) in [5.74, 6) is 0.703. The van der Waals surface area contributed by atoms with Crippen LogP contribution in [0.3, 0.4) is 0 Å². The van der Waals surface area contributed by atoms with Crippen LogP contribution in [0.1, 0.15) is 30.1 Å². The Bertz CT molecular complexity index is 1450. The highest BCUT2D eigenvalue weighted by Gasteiger charge is 2.29. The molecule has 0 bridgehead atoms. The summed E-state index contributed by atoms with van der Waals surface area (Å²) >= 11 is 0. The highest BCUT2D eigenvalue weighted by atomic mass is 19.4. The van der Waals surface area contributed by atoms with Gasteiger partial charge in [0.05, 0.1) is 29.1 Å². The third kappa shape index (κ3) is 3.95. The number of hydrogen-bond acceptors (Lipinski definition) is 5.